The molecular weight excluding hydrogens is 244 g/mol. The fourth-order valence-electron chi connectivity index (χ4n) is 2.45. The molecular formula is C14H20N2O3. The van der Waals surface area contributed by atoms with Gasteiger partial charge in [0.1, 0.15) is 5.56 Å². The Balaban J connectivity index is 2.30. The van der Waals surface area contributed by atoms with Crippen LogP contribution >= 0.6 is 0 Å². The number of nitrogens with zero attached hydrogens (tertiary/aromatic N) is 2. The van der Waals surface area contributed by atoms with Crippen LogP contribution in [0.4, 0.5) is 0 Å². The highest BCUT2D eigenvalue weighted by Gasteiger charge is 2.32. The van der Waals surface area contributed by atoms with Gasteiger partial charge in [0.2, 0.25) is 0 Å². The maximum Gasteiger partial charge on any atom is 0.259 e. The van der Waals surface area contributed by atoms with Gasteiger partial charge in [0.25, 0.3) is 5.91 Å². The van der Waals surface area contributed by atoms with Gasteiger partial charge in [-0.3, -0.25) is 9.59 Å². The fraction of sp³-hybridized carbons (Fsp3) is 0.571. The van der Waals surface area contributed by atoms with Crippen LogP contribution in [0.15, 0.2) is 17.1 Å². The Hall–Kier alpha value is -1.62. The summed E-state index contributed by atoms with van der Waals surface area (Å²) in [7, 11) is 1.80. The number of hydrogen-bond acceptors (Lipinski definition) is 3. The topological polar surface area (TPSA) is 62.5 Å². The van der Waals surface area contributed by atoms with Crippen molar-refractivity contribution >= 4 is 5.91 Å². The number of piperidine rings is 1. The SMILES string of the molecule is Cc1cc(=O)c(C(=O)N2CCC[C@](C)(O)C2)cn1C. The average Bonchev–Trinajstić information content (AvgIpc) is 2.31. The van der Waals surface area contributed by atoms with Gasteiger partial charge in [-0.25, -0.2) is 0 Å². The minimum absolute atomic E-state index is 0.172. The Morgan fingerprint density at radius 2 is 2.16 bits per heavy atom. The summed E-state index contributed by atoms with van der Waals surface area (Å²) in [6, 6.07) is 1.47. The molecule has 1 N–H and O–H groups in total. The Bertz CT molecular complexity index is 560. The zero-order valence-corrected chi connectivity index (χ0v) is 11.6. The minimum Gasteiger partial charge on any atom is -0.388 e. The van der Waals surface area contributed by atoms with Gasteiger partial charge in [-0.05, 0) is 26.7 Å². The van der Waals surface area contributed by atoms with E-state index in [1.54, 1.807) is 29.6 Å². The van der Waals surface area contributed by atoms with Crippen molar-refractivity contribution in [1.82, 2.24) is 9.47 Å². The molecule has 0 aromatic carbocycles. The van der Waals surface area contributed by atoms with Crippen LogP contribution < -0.4 is 5.43 Å². The molecule has 1 fully saturated rings. The lowest BCUT2D eigenvalue weighted by Crippen LogP contribution is -2.49. The van der Waals surface area contributed by atoms with Crippen molar-refractivity contribution in [2.45, 2.75) is 32.3 Å². The van der Waals surface area contributed by atoms with Crippen molar-refractivity contribution in [2.75, 3.05) is 13.1 Å². The zero-order chi connectivity index (χ0) is 14.2. The van der Waals surface area contributed by atoms with Crippen LogP contribution in [0.25, 0.3) is 0 Å². The van der Waals surface area contributed by atoms with E-state index >= 15 is 0 Å². The summed E-state index contributed by atoms with van der Waals surface area (Å²) in [5.74, 6) is -0.291. The highest BCUT2D eigenvalue weighted by atomic mass is 16.3. The molecule has 5 nitrogen and oxygen atoms in total. The first-order valence-electron chi connectivity index (χ1n) is 6.49. The highest BCUT2D eigenvalue weighted by molar-refractivity contribution is 5.94. The predicted molar refractivity (Wildman–Crippen MR) is 72.2 cm³/mol. The molecule has 1 aromatic heterocycles. The largest absolute Gasteiger partial charge is 0.388 e. The lowest BCUT2D eigenvalue weighted by atomic mass is 9.95. The van der Waals surface area contributed by atoms with Crippen LogP contribution in [0.2, 0.25) is 0 Å². The first-order chi connectivity index (χ1) is 8.80. The number of amides is 1. The summed E-state index contributed by atoms with van der Waals surface area (Å²) in [6.07, 6.45) is 3.01. The summed E-state index contributed by atoms with van der Waals surface area (Å²) in [5.41, 5.74) is -0.132. The van der Waals surface area contributed by atoms with E-state index in [-0.39, 0.29) is 23.4 Å². The number of rotatable bonds is 1. The maximum absolute atomic E-state index is 12.4. The molecule has 19 heavy (non-hydrogen) atoms. The number of carbonyl (C=O) groups is 1. The molecule has 104 valence electrons. The summed E-state index contributed by atoms with van der Waals surface area (Å²) >= 11 is 0. The molecule has 1 aliphatic rings. The molecule has 5 heteroatoms. The van der Waals surface area contributed by atoms with Gasteiger partial charge in [-0.15, -0.1) is 0 Å². The molecule has 0 spiro atoms. The van der Waals surface area contributed by atoms with E-state index in [1.807, 2.05) is 6.92 Å². The molecule has 0 radical (unpaired) electrons. The smallest absolute Gasteiger partial charge is 0.259 e. The summed E-state index contributed by atoms with van der Waals surface area (Å²) in [5, 5.41) is 10.0. The quantitative estimate of drug-likeness (QED) is 0.811. The van der Waals surface area contributed by atoms with Crippen molar-refractivity contribution in [2.24, 2.45) is 7.05 Å². The third-order valence-electron chi connectivity index (χ3n) is 3.68. The lowest BCUT2D eigenvalue weighted by Gasteiger charge is -2.36. The normalized spacial score (nSPS) is 23.5. The number of hydrogen-bond donors (Lipinski definition) is 1. The van der Waals surface area contributed by atoms with Crippen LogP contribution in [0.3, 0.4) is 0 Å². The van der Waals surface area contributed by atoms with Gasteiger partial charge in [-0.2, -0.15) is 0 Å². The third kappa shape index (κ3) is 2.87. The van der Waals surface area contributed by atoms with Crippen molar-refractivity contribution in [1.29, 1.82) is 0 Å². The lowest BCUT2D eigenvalue weighted by molar-refractivity contribution is -0.0108. The summed E-state index contributed by atoms with van der Waals surface area (Å²) < 4.78 is 1.76. The van der Waals surface area contributed by atoms with E-state index in [9.17, 15) is 14.7 Å². The molecule has 1 aliphatic heterocycles. The number of carbonyl (C=O) groups excluding carboxylic acids is 1. The number of β-amino-alcohol motifs (C(OH)–C–C–N with tert-alkyl or cyclic N) is 1. The first-order valence-corrected chi connectivity index (χ1v) is 6.49. The Labute approximate surface area is 112 Å². The van der Waals surface area contributed by atoms with Crippen molar-refractivity contribution in [3.05, 3.63) is 33.7 Å². The number of aryl methyl sites for hydroxylation is 2. The Morgan fingerprint density at radius 3 is 2.79 bits per heavy atom. The second kappa shape index (κ2) is 4.81. The van der Waals surface area contributed by atoms with Gasteiger partial charge in [0.15, 0.2) is 5.43 Å². The molecule has 0 bridgehead atoms. The van der Waals surface area contributed by atoms with Gasteiger partial charge >= 0.3 is 0 Å². The van der Waals surface area contributed by atoms with Crippen molar-refractivity contribution < 1.29 is 9.90 Å². The van der Waals surface area contributed by atoms with Crippen LogP contribution in [-0.4, -0.2) is 39.2 Å². The fourth-order valence-corrected chi connectivity index (χ4v) is 2.45. The second-order valence-corrected chi connectivity index (χ2v) is 5.63. The van der Waals surface area contributed by atoms with Gasteiger partial charge < -0.3 is 14.6 Å². The van der Waals surface area contributed by atoms with E-state index in [0.29, 0.717) is 13.0 Å². The Morgan fingerprint density at radius 1 is 1.47 bits per heavy atom. The van der Waals surface area contributed by atoms with Gasteiger partial charge in [-0.1, -0.05) is 0 Å². The van der Waals surface area contributed by atoms with E-state index < -0.39 is 5.60 Å². The Kier molecular flexibility index (Phi) is 3.49. The highest BCUT2D eigenvalue weighted by Crippen LogP contribution is 2.21. The van der Waals surface area contributed by atoms with Crippen LogP contribution in [0.5, 0.6) is 0 Å². The number of aromatic nitrogens is 1. The molecule has 1 aromatic rings. The molecule has 0 saturated carbocycles. The second-order valence-electron chi connectivity index (χ2n) is 5.63. The van der Waals surface area contributed by atoms with Gasteiger partial charge in [0.05, 0.1) is 5.60 Å². The summed E-state index contributed by atoms with van der Waals surface area (Å²) in [4.78, 5) is 25.9. The van der Waals surface area contributed by atoms with E-state index in [0.717, 1.165) is 12.1 Å². The number of pyridine rings is 1. The van der Waals surface area contributed by atoms with Crippen molar-refractivity contribution in [3.8, 4) is 0 Å². The molecule has 1 atom stereocenters. The minimum atomic E-state index is -0.857. The molecule has 2 heterocycles. The predicted octanol–water partition coefficient (Wildman–Crippen LogP) is 0.681. The van der Waals surface area contributed by atoms with E-state index in [2.05, 4.69) is 0 Å². The number of aliphatic hydroxyl groups is 1. The van der Waals surface area contributed by atoms with Crippen LogP contribution in [-0.2, 0) is 7.05 Å². The first kappa shape index (κ1) is 13.8. The monoisotopic (exact) mass is 264 g/mol. The van der Waals surface area contributed by atoms with Crippen LogP contribution in [0.1, 0.15) is 35.8 Å². The molecule has 1 amide bonds. The molecule has 1 saturated heterocycles. The summed E-state index contributed by atoms with van der Waals surface area (Å²) in [6.45, 7) is 4.41. The maximum atomic E-state index is 12.4. The standard InChI is InChI=1S/C14H20N2O3/c1-10-7-12(17)11(8-15(10)3)13(18)16-6-4-5-14(2,19)9-16/h7-8,19H,4-6,9H2,1-3H3/t14-/m0/s1. The average molecular weight is 264 g/mol. The molecule has 2 rings (SSSR count). The van der Waals surface area contributed by atoms with E-state index in [4.69, 9.17) is 0 Å². The van der Waals surface area contributed by atoms with Gasteiger partial charge in [0, 0.05) is 38.1 Å². The number of likely N-dealkylation sites (tertiary alicyclic amines) is 1. The third-order valence-corrected chi connectivity index (χ3v) is 3.68. The molecule has 0 aliphatic carbocycles. The zero-order valence-electron chi connectivity index (χ0n) is 11.6. The molecule has 0 unspecified atom stereocenters. The van der Waals surface area contributed by atoms with Crippen LogP contribution in [0, 0.1) is 6.92 Å². The van der Waals surface area contributed by atoms with Crippen molar-refractivity contribution in [3.63, 3.8) is 0 Å². The van der Waals surface area contributed by atoms with E-state index in [1.165, 1.54) is 6.07 Å².